The van der Waals surface area contributed by atoms with Crippen molar-refractivity contribution in [3.8, 4) is 11.1 Å². The quantitative estimate of drug-likeness (QED) is 0.636. The van der Waals surface area contributed by atoms with Gasteiger partial charge in [-0.1, -0.05) is 30.3 Å². The lowest BCUT2D eigenvalue weighted by Gasteiger charge is -2.32. The van der Waals surface area contributed by atoms with Crippen LogP contribution < -0.4 is 5.32 Å². The maximum Gasteiger partial charge on any atom is 0.471 e. The summed E-state index contributed by atoms with van der Waals surface area (Å²) in [5.74, 6) is -0.164. The van der Waals surface area contributed by atoms with Crippen LogP contribution in [0, 0.1) is 12.8 Å². The second-order valence-corrected chi connectivity index (χ2v) is 8.29. The first-order valence-electron chi connectivity index (χ1n) is 9.74. The Labute approximate surface area is 175 Å². The van der Waals surface area contributed by atoms with Gasteiger partial charge in [0.15, 0.2) is 0 Å². The Bertz CT molecular complexity index is 1040. The van der Waals surface area contributed by atoms with Crippen LogP contribution in [0.4, 0.5) is 19.0 Å². The summed E-state index contributed by atoms with van der Waals surface area (Å²) in [5.41, 5.74) is 2.14. The number of fused-ring (bicyclic) bond motifs is 1. The van der Waals surface area contributed by atoms with E-state index in [0.717, 1.165) is 32.1 Å². The Kier molecular flexibility index (Phi) is 5.64. The number of likely N-dealkylation sites (tertiary alicyclic amines) is 1. The average molecular weight is 434 g/mol. The number of carbonyl (C=O) groups is 1. The summed E-state index contributed by atoms with van der Waals surface area (Å²) in [4.78, 5) is 22.3. The van der Waals surface area contributed by atoms with Crippen molar-refractivity contribution in [3.63, 3.8) is 0 Å². The third kappa shape index (κ3) is 4.26. The number of thiophene rings is 1. The Hall–Kier alpha value is -2.68. The van der Waals surface area contributed by atoms with E-state index in [1.807, 2.05) is 37.3 Å². The Morgan fingerprint density at radius 1 is 1.20 bits per heavy atom. The summed E-state index contributed by atoms with van der Waals surface area (Å²) < 4.78 is 37.9. The zero-order valence-electron chi connectivity index (χ0n) is 16.4. The SMILES string of the molecule is Cc1nc(NCC2CCN(C(=O)C(F)(F)F)CC2)c2c(-c3ccccc3)csc2n1. The van der Waals surface area contributed by atoms with Crippen LogP contribution in [0.5, 0.6) is 0 Å². The summed E-state index contributed by atoms with van der Waals surface area (Å²) in [6.45, 7) is 2.67. The summed E-state index contributed by atoms with van der Waals surface area (Å²) in [6, 6.07) is 10.0. The van der Waals surface area contributed by atoms with Crippen LogP contribution in [0.3, 0.4) is 0 Å². The van der Waals surface area contributed by atoms with Crippen LogP contribution in [0.2, 0.25) is 0 Å². The average Bonchev–Trinajstić information content (AvgIpc) is 3.15. The van der Waals surface area contributed by atoms with Crippen LogP contribution in [-0.4, -0.2) is 46.6 Å². The molecule has 0 aliphatic carbocycles. The van der Waals surface area contributed by atoms with Crippen molar-refractivity contribution in [3.05, 3.63) is 41.5 Å². The van der Waals surface area contributed by atoms with E-state index >= 15 is 0 Å². The molecule has 1 aliphatic heterocycles. The van der Waals surface area contributed by atoms with Gasteiger partial charge in [-0.05, 0) is 31.2 Å². The highest BCUT2D eigenvalue weighted by Crippen LogP contribution is 2.37. The van der Waals surface area contributed by atoms with Gasteiger partial charge in [0, 0.05) is 30.6 Å². The molecule has 0 atom stereocenters. The van der Waals surface area contributed by atoms with Crippen molar-refractivity contribution in [2.75, 3.05) is 25.0 Å². The molecule has 0 unspecified atom stereocenters. The van der Waals surface area contributed by atoms with Crippen LogP contribution >= 0.6 is 11.3 Å². The normalized spacial score (nSPS) is 15.5. The maximum atomic E-state index is 12.6. The summed E-state index contributed by atoms with van der Waals surface area (Å²) in [6.07, 6.45) is -3.75. The van der Waals surface area contributed by atoms with Crippen LogP contribution in [0.15, 0.2) is 35.7 Å². The molecule has 2 aromatic heterocycles. The topological polar surface area (TPSA) is 58.1 Å². The molecular formula is C21H21F3N4OS. The predicted molar refractivity (Wildman–Crippen MR) is 111 cm³/mol. The Morgan fingerprint density at radius 2 is 1.90 bits per heavy atom. The van der Waals surface area contributed by atoms with Crippen molar-refractivity contribution in [2.45, 2.75) is 25.9 Å². The number of piperidine rings is 1. The van der Waals surface area contributed by atoms with E-state index in [2.05, 4.69) is 20.7 Å². The summed E-state index contributed by atoms with van der Waals surface area (Å²) in [5, 5.41) is 6.43. The number of rotatable bonds is 4. The molecule has 9 heteroatoms. The Morgan fingerprint density at radius 3 is 2.57 bits per heavy atom. The maximum absolute atomic E-state index is 12.6. The molecule has 3 aromatic rings. The molecule has 4 rings (SSSR count). The molecule has 1 aliphatic rings. The number of benzene rings is 1. The number of aromatic nitrogens is 2. The molecular weight excluding hydrogens is 413 g/mol. The molecule has 0 radical (unpaired) electrons. The number of alkyl halides is 3. The highest BCUT2D eigenvalue weighted by molar-refractivity contribution is 7.17. The van der Waals surface area contributed by atoms with Gasteiger partial charge in [0.05, 0.1) is 5.39 Å². The van der Waals surface area contributed by atoms with E-state index in [4.69, 9.17) is 0 Å². The number of hydrogen-bond donors (Lipinski definition) is 1. The predicted octanol–water partition coefficient (Wildman–Crippen LogP) is 4.88. The molecule has 0 bridgehead atoms. The summed E-state index contributed by atoms with van der Waals surface area (Å²) in [7, 11) is 0. The van der Waals surface area contributed by atoms with Crippen LogP contribution in [0.1, 0.15) is 18.7 Å². The minimum Gasteiger partial charge on any atom is -0.369 e. The number of nitrogens with zero attached hydrogens (tertiary/aromatic N) is 3. The number of amides is 1. The monoisotopic (exact) mass is 434 g/mol. The number of hydrogen-bond acceptors (Lipinski definition) is 5. The highest BCUT2D eigenvalue weighted by atomic mass is 32.1. The van der Waals surface area contributed by atoms with Gasteiger partial charge in [0.25, 0.3) is 0 Å². The minimum absolute atomic E-state index is 0.122. The molecule has 1 saturated heterocycles. The summed E-state index contributed by atoms with van der Waals surface area (Å²) >= 11 is 1.56. The van der Waals surface area contributed by atoms with E-state index in [-0.39, 0.29) is 19.0 Å². The zero-order valence-corrected chi connectivity index (χ0v) is 17.2. The van der Waals surface area contributed by atoms with Crippen molar-refractivity contribution in [1.29, 1.82) is 0 Å². The fourth-order valence-corrected chi connectivity index (χ4v) is 4.76. The molecule has 30 heavy (non-hydrogen) atoms. The minimum atomic E-state index is -4.80. The van der Waals surface area contributed by atoms with Gasteiger partial charge >= 0.3 is 12.1 Å². The third-order valence-electron chi connectivity index (χ3n) is 5.33. The lowest BCUT2D eigenvalue weighted by atomic mass is 9.96. The van der Waals surface area contributed by atoms with Gasteiger partial charge in [-0.15, -0.1) is 11.3 Å². The molecule has 1 N–H and O–H groups in total. The van der Waals surface area contributed by atoms with Crippen molar-refractivity contribution in [1.82, 2.24) is 14.9 Å². The van der Waals surface area contributed by atoms with E-state index in [9.17, 15) is 18.0 Å². The lowest BCUT2D eigenvalue weighted by Crippen LogP contribution is -2.46. The van der Waals surface area contributed by atoms with Crippen molar-refractivity contribution in [2.24, 2.45) is 5.92 Å². The number of anilines is 1. The lowest BCUT2D eigenvalue weighted by molar-refractivity contribution is -0.186. The van der Waals surface area contributed by atoms with Gasteiger partial charge < -0.3 is 10.2 Å². The van der Waals surface area contributed by atoms with E-state index in [0.29, 0.717) is 25.2 Å². The van der Waals surface area contributed by atoms with Gasteiger partial charge in [0.2, 0.25) is 0 Å². The zero-order chi connectivity index (χ0) is 21.3. The van der Waals surface area contributed by atoms with Crippen molar-refractivity contribution < 1.29 is 18.0 Å². The van der Waals surface area contributed by atoms with E-state index in [1.165, 1.54) is 0 Å². The fraction of sp³-hybridized carbons (Fsp3) is 0.381. The van der Waals surface area contributed by atoms with Gasteiger partial charge in [-0.25, -0.2) is 9.97 Å². The molecule has 1 fully saturated rings. The first kappa shape index (κ1) is 20.6. The second kappa shape index (κ2) is 8.22. The second-order valence-electron chi connectivity index (χ2n) is 7.43. The Balaban J connectivity index is 1.49. The van der Waals surface area contributed by atoms with Gasteiger partial charge in [-0.3, -0.25) is 4.79 Å². The molecule has 3 heterocycles. The highest BCUT2D eigenvalue weighted by Gasteiger charge is 2.43. The first-order valence-corrected chi connectivity index (χ1v) is 10.6. The number of carbonyl (C=O) groups excluding carboxylic acids is 1. The number of halogens is 3. The molecule has 158 valence electrons. The number of aryl methyl sites for hydroxylation is 1. The van der Waals surface area contributed by atoms with Gasteiger partial charge in [0.1, 0.15) is 16.5 Å². The smallest absolute Gasteiger partial charge is 0.369 e. The molecule has 5 nitrogen and oxygen atoms in total. The van der Waals surface area contributed by atoms with E-state index < -0.39 is 12.1 Å². The molecule has 0 saturated carbocycles. The first-order chi connectivity index (χ1) is 14.3. The van der Waals surface area contributed by atoms with Crippen LogP contribution in [-0.2, 0) is 4.79 Å². The largest absolute Gasteiger partial charge is 0.471 e. The van der Waals surface area contributed by atoms with Crippen LogP contribution in [0.25, 0.3) is 21.3 Å². The molecule has 1 amide bonds. The standard InChI is InChI=1S/C21H21F3N4OS/c1-13-26-18(17-16(12-30-19(17)27-13)15-5-3-2-4-6-15)25-11-14-7-9-28(10-8-14)20(29)21(22,23)24/h2-6,12,14H,7-11H2,1H3,(H,25,26,27). The fourth-order valence-electron chi connectivity index (χ4n) is 3.77. The third-order valence-corrected chi connectivity index (χ3v) is 6.20. The molecule has 1 aromatic carbocycles. The van der Waals surface area contributed by atoms with Gasteiger partial charge in [-0.2, -0.15) is 13.2 Å². The molecule has 0 spiro atoms. The van der Waals surface area contributed by atoms with E-state index in [1.54, 1.807) is 11.3 Å². The number of nitrogens with one attached hydrogen (secondary N) is 1. The van der Waals surface area contributed by atoms with Crippen molar-refractivity contribution >= 4 is 33.3 Å².